The molecular weight excluding hydrogens is 334 g/mol. The Balaban J connectivity index is 2.13. The lowest BCUT2D eigenvalue weighted by Crippen LogP contribution is -2.13. The number of pyridine rings is 1. The summed E-state index contributed by atoms with van der Waals surface area (Å²) in [4.78, 5) is 16.6. The third-order valence-electron chi connectivity index (χ3n) is 3.82. The van der Waals surface area contributed by atoms with Crippen molar-refractivity contribution in [1.29, 1.82) is 5.26 Å². The molecule has 0 aliphatic carbocycles. The van der Waals surface area contributed by atoms with E-state index in [1.165, 1.54) is 11.8 Å². The van der Waals surface area contributed by atoms with Crippen molar-refractivity contribution in [2.24, 2.45) is 0 Å². The minimum atomic E-state index is -0.250. The second-order valence-corrected chi connectivity index (χ2v) is 6.93. The van der Waals surface area contributed by atoms with E-state index in [1.807, 2.05) is 55.5 Å². The molecule has 3 rings (SSSR count). The standard InChI is InChI=1S/C19H19N3O2S/c1-4-13-9-17(25-11-18(23)24-12(2)3)22-16-8-6-5-7-15(16)21-19(22)14(13)10-20/h5-9,12H,4,11H2,1-3H3. The molecule has 0 amide bonds. The number of nitriles is 1. The van der Waals surface area contributed by atoms with Gasteiger partial charge in [-0.15, -0.1) is 0 Å². The lowest BCUT2D eigenvalue weighted by atomic mass is 10.1. The molecule has 128 valence electrons. The van der Waals surface area contributed by atoms with Crippen LogP contribution in [0.15, 0.2) is 35.4 Å². The molecule has 0 saturated heterocycles. The maximum absolute atomic E-state index is 11.9. The average Bonchev–Trinajstić information content (AvgIpc) is 2.97. The van der Waals surface area contributed by atoms with Gasteiger partial charge in [0.15, 0.2) is 5.65 Å². The summed E-state index contributed by atoms with van der Waals surface area (Å²) < 4.78 is 7.18. The monoisotopic (exact) mass is 353 g/mol. The van der Waals surface area contributed by atoms with Crippen molar-refractivity contribution in [2.45, 2.75) is 38.3 Å². The molecule has 3 aromatic rings. The zero-order valence-corrected chi connectivity index (χ0v) is 15.3. The maximum Gasteiger partial charge on any atom is 0.316 e. The van der Waals surface area contributed by atoms with Crippen LogP contribution in [-0.4, -0.2) is 27.2 Å². The fourth-order valence-electron chi connectivity index (χ4n) is 2.78. The van der Waals surface area contributed by atoms with Crippen LogP contribution in [-0.2, 0) is 16.0 Å². The third-order valence-corrected chi connectivity index (χ3v) is 4.80. The first kappa shape index (κ1) is 17.3. The highest BCUT2D eigenvalue weighted by Crippen LogP contribution is 2.30. The van der Waals surface area contributed by atoms with Crippen LogP contribution in [0, 0.1) is 11.3 Å². The number of rotatable bonds is 5. The van der Waals surface area contributed by atoms with Gasteiger partial charge in [0, 0.05) is 0 Å². The molecule has 2 aromatic heterocycles. The Labute approximate surface area is 150 Å². The summed E-state index contributed by atoms with van der Waals surface area (Å²) in [5, 5.41) is 10.5. The smallest absolute Gasteiger partial charge is 0.316 e. The number of para-hydroxylation sites is 2. The van der Waals surface area contributed by atoms with E-state index in [2.05, 4.69) is 11.1 Å². The summed E-state index contributed by atoms with van der Waals surface area (Å²) in [5.41, 5.74) is 3.93. The van der Waals surface area contributed by atoms with Crippen molar-refractivity contribution in [1.82, 2.24) is 9.38 Å². The van der Waals surface area contributed by atoms with Crippen LogP contribution in [0.5, 0.6) is 0 Å². The van der Waals surface area contributed by atoms with E-state index in [9.17, 15) is 10.1 Å². The first-order chi connectivity index (χ1) is 12.0. The molecule has 25 heavy (non-hydrogen) atoms. The molecule has 0 N–H and O–H groups in total. The van der Waals surface area contributed by atoms with Crippen LogP contribution >= 0.6 is 11.8 Å². The largest absolute Gasteiger partial charge is 0.462 e. The van der Waals surface area contributed by atoms with Crippen molar-refractivity contribution in [3.63, 3.8) is 0 Å². The van der Waals surface area contributed by atoms with Gasteiger partial charge < -0.3 is 4.74 Å². The van der Waals surface area contributed by atoms with Gasteiger partial charge in [-0.3, -0.25) is 9.20 Å². The van der Waals surface area contributed by atoms with E-state index in [4.69, 9.17) is 4.74 Å². The van der Waals surface area contributed by atoms with Crippen molar-refractivity contribution in [3.05, 3.63) is 41.5 Å². The van der Waals surface area contributed by atoms with E-state index in [-0.39, 0.29) is 17.8 Å². The zero-order valence-electron chi connectivity index (χ0n) is 14.4. The number of aryl methyl sites for hydroxylation is 1. The van der Waals surface area contributed by atoms with Gasteiger partial charge in [-0.05, 0) is 44.0 Å². The number of aromatic nitrogens is 2. The molecule has 6 heteroatoms. The number of carbonyl (C=O) groups is 1. The number of nitrogens with zero attached hydrogens (tertiary/aromatic N) is 3. The maximum atomic E-state index is 11.9. The number of carbonyl (C=O) groups excluding carboxylic acids is 1. The number of hydrogen-bond acceptors (Lipinski definition) is 5. The summed E-state index contributed by atoms with van der Waals surface area (Å²) in [6.07, 6.45) is 0.599. The van der Waals surface area contributed by atoms with Crippen molar-refractivity contribution in [2.75, 3.05) is 5.75 Å². The Hall–Kier alpha value is -2.52. The van der Waals surface area contributed by atoms with Gasteiger partial charge in [0.1, 0.15) is 6.07 Å². The first-order valence-electron chi connectivity index (χ1n) is 8.20. The number of esters is 1. The molecule has 0 radical (unpaired) electrons. The Morgan fingerprint density at radius 2 is 2.16 bits per heavy atom. The summed E-state index contributed by atoms with van der Waals surface area (Å²) in [6, 6.07) is 12.0. The van der Waals surface area contributed by atoms with Gasteiger partial charge in [0.2, 0.25) is 0 Å². The van der Waals surface area contributed by atoms with Crippen molar-refractivity contribution in [3.8, 4) is 6.07 Å². The Morgan fingerprint density at radius 3 is 2.84 bits per heavy atom. The molecule has 0 bridgehead atoms. The fourth-order valence-corrected chi connectivity index (χ4v) is 3.66. The Bertz CT molecular complexity index is 986. The van der Waals surface area contributed by atoms with Crippen LogP contribution in [0.2, 0.25) is 0 Å². The fraction of sp³-hybridized carbons (Fsp3) is 0.316. The van der Waals surface area contributed by atoms with Gasteiger partial charge in [-0.25, -0.2) is 4.98 Å². The summed E-state index contributed by atoms with van der Waals surface area (Å²) in [7, 11) is 0. The lowest BCUT2D eigenvalue weighted by molar-refractivity contribution is -0.144. The zero-order chi connectivity index (χ0) is 18.0. The Kier molecular flexibility index (Phi) is 4.95. The number of thioether (sulfide) groups is 1. The highest BCUT2D eigenvalue weighted by molar-refractivity contribution is 7.99. The number of hydrogen-bond donors (Lipinski definition) is 0. The lowest BCUT2D eigenvalue weighted by Gasteiger charge is -2.11. The minimum Gasteiger partial charge on any atom is -0.462 e. The molecule has 5 nitrogen and oxygen atoms in total. The summed E-state index contributed by atoms with van der Waals surface area (Å²) >= 11 is 1.41. The topological polar surface area (TPSA) is 67.4 Å². The minimum absolute atomic E-state index is 0.130. The molecule has 1 aromatic carbocycles. The van der Waals surface area contributed by atoms with Gasteiger partial charge in [0.25, 0.3) is 0 Å². The van der Waals surface area contributed by atoms with E-state index in [0.717, 1.165) is 28.0 Å². The predicted molar refractivity (Wildman–Crippen MR) is 98.7 cm³/mol. The molecule has 0 aliphatic rings. The van der Waals surface area contributed by atoms with E-state index in [0.29, 0.717) is 11.2 Å². The predicted octanol–water partition coefficient (Wildman–Crippen LogP) is 3.97. The van der Waals surface area contributed by atoms with E-state index >= 15 is 0 Å². The molecule has 0 spiro atoms. The van der Waals surface area contributed by atoms with E-state index < -0.39 is 0 Å². The van der Waals surface area contributed by atoms with E-state index in [1.54, 1.807) is 0 Å². The van der Waals surface area contributed by atoms with Crippen LogP contribution in [0.3, 0.4) is 0 Å². The molecule has 0 saturated carbocycles. The van der Waals surface area contributed by atoms with Crippen LogP contribution in [0.25, 0.3) is 16.7 Å². The van der Waals surface area contributed by atoms with Gasteiger partial charge >= 0.3 is 5.97 Å². The van der Waals surface area contributed by atoms with Crippen LogP contribution in [0.1, 0.15) is 31.9 Å². The highest BCUT2D eigenvalue weighted by Gasteiger charge is 2.17. The normalized spacial score (nSPS) is 11.2. The number of benzene rings is 1. The number of imidazole rings is 1. The summed E-state index contributed by atoms with van der Waals surface area (Å²) in [6.45, 7) is 5.68. The van der Waals surface area contributed by atoms with Crippen LogP contribution in [0.4, 0.5) is 0 Å². The molecule has 0 fully saturated rings. The second-order valence-electron chi connectivity index (χ2n) is 5.93. The van der Waals surface area contributed by atoms with Crippen molar-refractivity contribution < 1.29 is 9.53 Å². The Morgan fingerprint density at radius 1 is 1.40 bits per heavy atom. The molecule has 0 aliphatic heterocycles. The third kappa shape index (κ3) is 3.33. The molecular formula is C19H19N3O2S. The van der Waals surface area contributed by atoms with Gasteiger partial charge in [0.05, 0.1) is 33.5 Å². The number of fused-ring (bicyclic) bond motifs is 3. The summed E-state index contributed by atoms with van der Waals surface area (Å²) in [5.74, 6) is -0.0329. The quantitative estimate of drug-likeness (QED) is 0.513. The molecule has 0 atom stereocenters. The highest BCUT2D eigenvalue weighted by atomic mass is 32.2. The van der Waals surface area contributed by atoms with Crippen LogP contribution < -0.4 is 0 Å². The first-order valence-corrected chi connectivity index (χ1v) is 9.19. The van der Waals surface area contributed by atoms with Crippen molar-refractivity contribution >= 4 is 34.4 Å². The van der Waals surface area contributed by atoms with Gasteiger partial charge in [-0.1, -0.05) is 30.8 Å². The molecule has 2 heterocycles. The SMILES string of the molecule is CCc1cc(SCC(=O)OC(C)C)n2c(nc3ccccc32)c1C#N. The molecule has 0 unspecified atom stereocenters. The second kappa shape index (κ2) is 7.16. The van der Waals surface area contributed by atoms with Gasteiger partial charge in [-0.2, -0.15) is 5.26 Å². The number of ether oxygens (including phenoxy) is 1. The average molecular weight is 353 g/mol.